The fraction of sp³-hybridized carbons (Fsp3) is 0.417. The van der Waals surface area contributed by atoms with Crippen LogP contribution < -0.4 is 63.8 Å². The molecule has 4 amide bonds. The van der Waals surface area contributed by atoms with E-state index >= 15 is 0 Å². The molecule has 132 heavy (non-hydrogen) atoms. The maximum absolute atomic E-state index is 13.2. The van der Waals surface area contributed by atoms with Crippen LogP contribution in [0.15, 0.2) is 194 Å². The number of nitrogens with two attached hydrogens (primary N) is 4. The van der Waals surface area contributed by atoms with Crippen molar-refractivity contribution in [3.05, 3.63) is 262 Å². The summed E-state index contributed by atoms with van der Waals surface area (Å²) in [5.74, 6) is -17.0. The Morgan fingerprint density at radius 3 is 0.689 bits per heavy atom. The van der Waals surface area contributed by atoms with Crippen LogP contribution in [-0.4, -0.2) is 221 Å². The van der Waals surface area contributed by atoms with Crippen LogP contribution in [0.25, 0.3) is 0 Å². The second-order valence-electron chi connectivity index (χ2n) is 28.6. The van der Waals surface area contributed by atoms with Gasteiger partial charge in [0.2, 0.25) is 23.6 Å². The maximum atomic E-state index is 13.2. The highest BCUT2D eigenvalue weighted by Crippen LogP contribution is 2.23. The number of alkyl halides is 8. The lowest BCUT2D eigenvalue weighted by Crippen LogP contribution is -2.50. The molecule has 0 saturated carbocycles. The number of hydrogen-bond donors (Lipinski definition) is 8. The Balaban J connectivity index is 0.000000347. The van der Waals surface area contributed by atoms with Gasteiger partial charge in [-0.1, -0.05) is 97.1 Å². The van der Waals surface area contributed by atoms with Gasteiger partial charge in [-0.3, -0.25) is 19.2 Å². The smallest absolute Gasteiger partial charge is 0.328 e. The molecule has 8 rings (SSSR count). The number of amides is 4. The van der Waals surface area contributed by atoms with Gasteiger partial charge in [-0.05, 0) is 195 Å². The lowest BCUT2D eigenvalue weighted by molar-refractivity contribution is -0.147. The van der Waals surface area contributed by atoms with Crippen LogP contribution >= 0.6 is 92.8 Å². The summed E-state index contributed by atoms with van der Waals surface area (Å²) in [5, 5.41) is 10.4. The van der Waals surface area contributed by atoms with E-state index < -0.39 is 193 Å². The topological polar surface area (TPSA) is 339 Å². The Morgan fingerprint density at radius 2 is 0.477 bits per heavy atom. The molecule has 0 aliphatic heterocycles. The Morgan fingerprint density at radius 1 is 0.280 bits per heavy atom. The Kier molecular flexibility index (Phi) is 43.0. The van der Waals surface area contributed by atoms with Gasteiger partial charge in [0.25, 0.3) is 0 Å². The van der Waals surface area contributed by atoms with Crippen molar-refractivity contribution in [1.82, 2.24) is 21.3 Å². The number of halogens is 12. The molecule has 0 spiro atoms. The minimum atomic E-state index is -2.68. The zero-order valence-corrected chi connectivity index (χ0v) is 78.8. The first-order chi connectivity index (χ1) is 69.0. The van der Waals surface area contributed by atoms with Gasteiger partial charge in [0.05, 0.1) is 61.6 Å². The van der Waals surface area contributed by atoms with E-state index in [4.69, 9.17) is 157 Å². The molecule has 0 aliphatic carbocycles. The highest BCUT2D eigenvalue weighted by molar-refractivity contribution is 6.20. The van der Waals surface area contributed by atoms with E-state index in [1.54, 1.807) is 113 Å². The Bertz CT molecular complexity index is 5340. The molecule has 0 saturated heterocycles. The number of carbonyl (C=O) groups excluding carboxylic acids is 8. The number of esters is 4. The van der Waals surface area contributed by atoms with Gasteiger partial charge in [0.1, 0.15) is 47.4 Å². The SMILES string of the molecule is [2H]C([2H])(CCl)N(c1ccc(CC(N)C(=O)NC(Cc2ccc(F)cc2)C(=O)OCC)cc1)C([2H])([2H])CCl.[2H]C([2H])(Cl)C([2H])([2H])N(CCCl)c1ccc(CC(N)C(=O)NC(Cc2ccc(F)cc2)C(=O)OCC)cc1.[2H]C([2H])(Cl)CN(CC([2H])([2H])Cl)c1ccc(CC(N)C(=O)NC(Cc2ccc(F)cc2)C(=O)OCC)cc1.[2H]C([2H])(Cl)CN(c1ccc(CC(N)C(=O)NC(Cc2ccc(F)cc2)C(=O)OCC)cc1)C([2H])([2H])CCl. The first kappa shape index (κ1) is 89.1. The van der Waals surface area contributed by atoms with E-state index in [2.05, 4.69) is 21.3 Å². The van der Waals surface area contributed by atoms with E-state index in [1.165, 1.54) is 114 Å². The molecule has 12 N–H and O–H groups in total. The normalized spacial score (nSPS) is 15.3. The van der Waals surface area contributed by atoms with Crippen molar-refractivity contribution in [2.75, 3.05) is 145 Å². The molecule has 8 aromatic rings. The van der Waals surface area contributed by atoms with Crippen LogP contribution in [0, 0.1) is 23.3 Å². The fourth-order valence-corrected chi connectivity index (χ4v) is 13.5. The van der Waals surface area contributed by atoms with Gasteiger partial charge in [0.15, 0.2) is 0 Å². The molecule has 8 aromatic carbocycles. The van der Waals surface area contributed by atoms with Crippen LogP contribution in [0.4, 0.5) is 40.3 Å². The Labute approximate surface area is 833 Å². The summed E-state index contributed by atoms with van der Waals surface area (Å²) >= 11 is 45.8. The highest BCUT2D eigenvalue weighted by Gasteiger charge is 2.31. The van der Waals surface area contributed by atoms with Crippen molar-refractivity contribution >= 4 is 163 Å². The third-order valence-electron chi connectivity index (χ3n) is 19.0. The van der Waals surface area contributed by atoms with Gasteiger partial charge < -0.3 is 82.7 Å². The quantitative estimate of drug-likeness (QED) is 0.00760. The first-order valence-corrected chi connectivity index (χ1v) is 45.1. The number of nitrogens with zero attached hydrogens (tertiary/aromatic N) is 4. The first-order valence-electron chi connectivity index (χ1n) is 49.4. The molecule has 0 bridgehead atoms. The van der Waals surface area contributed by atoms with Crippen molar-refractivity contribution in [2.24, 2.45) is 22.9 Å². The standard InChI is InChI=1S/4C24H30Cl2FN3O3/c4*1-2-33-24(32)22(16-18-3-7-19(27)8-4-18)29-23(31)21(28)15-17-5-9-20(10-6-17)30(13-11-25)14-12-26/h4*3-10,21-22H,2,11-16,28H2,1H3,(H,29,31)/i13D2,14D2;11D2,14D2;11D2,13D2;11D2,12D2. The van der Waals surface area contributed by atoms with Gasteiger partial charge in [-0.15, -0.1) is 92.8 Å². The number of rotatable bonds is 52. The number of ether oxygens (including phenoxy) is 4. The molecular formula is C96H120Cl8F4N12O12. The lowest BCUT2D eigenvalue weighted by Gasteiger charge is -2.23. The van der Waals surface area contributed by atoms with Crippen molar-refractivity contribution in [3.8, 4) is 0 Å². The summed E-state index contributed by atoms with van der Waals surface area (Å²) in [5.41, 5.74) is 30.9. The van der Waals surface area contributed by atoms with Crippen molar-refractivity contribution in [1.29, 1.82) is 0 Å². The van der Waals surface area contributed by atoms with Crippen molar-refractivity contribution < 1.29 is 96.8 Å². The molecule has 36 heteroatoms. The molecule has 720 valence electrons. The molecule has 8 unspecified atom stereocenters. The highest BCUT2D eigenvalue weighted by atomic mass is 35.5. The summed E-state index contributed by atoms with van der Waals surface area (Å²) in [7, 11) is 0. The van der Waals surface area contributed by atoms with Crippen molar-refractivity contribution in [3.63, 3.8) is 0 Å². The summed E-state index contributed by atoms with van der Waals surface area (Å²) in [6.07, 6.45) is 0.816. The third-order valence-corrected chi connectivity index (χ3v) is 20.0. The summed E-state index contributed by atoms with van der Waals surface area (Å²) < 4.78 is 199. The monoisotopic (exact) mass is 2000 g/mol. The van der Waals surface area contributed by atoms with E-state index in [0.29, 0.717) is 61.6 Å². The van der Waals surface area contributed by atoms with Crippen LogP contribution in [0.1, 0.15) is 94.1 Å². The lowest BCUT2D eigenvalue weighted by atomic mass is 10.0. The van der Waals surface area contributed by atoms with Gasteiger partial charge in [-0.25, -0.2) is 36.7 Å². The number of carbonyl (C=O) groups is 8. The number of hydrogen-bond acceptors (Lipinski definition) is 20. The molecule has 0 heterocycles. The van der Waals surface area contributed by atoms with Crippen LogP contribution in [0.2, 0.25) is 0 Å². The summed E-state index contributed by atoms with van der Waals surface area (Å²) in [6.45, 7) is -3.02. The van der Waals surface area contributed by atoms with Crippen molar-refractivity contribution in [2.45, 2.75) is 127 Å². The van der Waals surface area contributed by atoms with E-state index in [-0.39, 0.29) is 109 Å². The predicted octanol–water partition coefficient (Wildman–Crippen LogP) is 13.1. The molecule has 0 fully saturated rings. The summed E-state index contributed by atoms with van der Waals surface area (Å²) in [6, 6.07) is 39.6. The number of anilines is 4. The maximum Gasteiger partial charge on any atom is 0.328 e. The zero-order chi connectivity index (χ0) is 111. The van der Waals surface area contributed by atoms with Crippen LogP contribution in [0.3, 0.4) is 0 Å². The third kappa shape index (κ3) is 42.0. The molecular weight excluding hydrogens is 1870 g/mol. The van der Waals surface area contributed by atoms with Gasteiger partial charge in [-0.2, -0.15) is 0 Å². The minimum Gasteiger partial charge on any atom is -0.464 e. The predicted molar refractivity (Wildman–Crippen MR) is 522 cm³/mol. The van der Waals surface area contributed by atoms with Crippen LogP contribution in [-0.2, 0) is 109 Å². The largest absolute Gasteiger partial charge is 0.464 e. The second-order valence-corrected chi connectivity index (χ2v) is 30.8. The second kappa shape index (κ2) is 63.7. The molecule has 8 atom stereocenters. The molecule has 0 radical (unpaired) electrons. The zero-order valence-electron chi connectivity index (χ0n) is 88.8. The summed E-state index contributed by atoms with van der Waals surface area (Å²) in [4.78, 5) is 105. The fourth-order valence-electron chi connectivity index (χ4n) is 12.4. The Hall–Kier alpha value is -9.40. The number of benzene rings is 8. The molecule has 0 aliphatic rings. The molecule has 24 nitrogen and oxygen atoms in total. The minimum absolute atomic E-state index is 0.00531. The van der Waals surface area contributed by atoms with Gasteiger partial charge >= 0.3 is 23.9 Å². The van der Waals surface area contributed by atoms with Crippen LogP contribution in [0.5, 0.6) is 0 Å². The van der Waals surface area contributed by atoms with Gasteiger partial charge in [0, 0.05) is 158 Å². The number of nitrogens with one attached hydrogen (secondary N) is 4. The van der Waals surface area contributed by atoms with E-state index in [1.807, 2.05) is 0 Å². The average Bonchev–Trinajstić information content (AvgIpc) is 0.757. The average molecular weight is 2010 g/mol. The molecule has 0 aromatic heterocycles. The van der Waals surface area contributed by atoms with E-state index in [0.717, 1.165) is 14.7 Å². The van der Waals surface area contributed by atoms with E-state index in [9.17, 15) is 55.9 Å².